The highest BCUT2D eigenvalue weighted by Crippen LogP contribution is 2.27. The Kier molecular flexibility index (Phi) is 7.95. The predicted octanol–water partition coefficient (Wildman–Crippen LogP) is 2.63. The van der Waals surface area contributed by atoms with E-state index in [2.05, 4.69) is 58.9 Å². The minimum Gasteiger partial charge on any atom is -0.493 e. The quantitative estimate of drug-likeness (QED) is 0.553. The van der Waals surface area contributed by atoms with Crippen LogP contribution in [0.5, 0.6) is 11.5 Å². The van der Waals surface area contributed by atoms with Gasteiger partial charge >= 0.3 is 0 Å². The minimum atomic E-state index is 0.641. The summed E-state index contributed by atoms with van der Waals surface area (Å²) in [6.07, 6.45) is 0. The Morgan fingerprint density at radius 2 is 1.41 bits per heavy atom. The van der Waals surface area contributed by atoms with Crippen molar-refractivity contribution in [2.24, 2.45) is 4.99 Å². The molecule has 0 spiro atoms. The number of methoxy groups -OCH3 is 2. The second-order valence-electron chi connectivity index (χ2n) is 6.52. The monoisotopic (exact) mass is 370 g/mol. The van der Waals surface area contributed by atoms with Gasteiger partial charge in [0.2, 0.25) is 0 Å². The molecule has 6 nitrogen and oxygen atoms in total. The van der Waals surface area contributed by atoms with E-state index in [0.717, 1.165) is 29.6 Å². The molecule has 0 unspecified atom stereocenters. The fourth-order valence-corrected chi connectivity index (χ4v) is 2.71. The molecule has 6 heteroatoms. The second kappa shape index (κ2) is 10.4. The molecular formula is C21H30N4O2. The van der Waals surface area contributed by atoms with E-state index in [1.165, 1.54) is 11.1 Å². The maximum atomic E-state index is 5.35. The molecule has 0 amide bonds. The zero-order valence-corrected chi connectivity index (χ0v) is 16.9. The lowest BCUT2D eigenvalue weighted by Crippen LogP contribution is -2.36. The number of rotatable bonds is 8. The molecule has 0 aromatic heterocycles. The van der Waals surface area contributed by atoms with Gasteiger partial charge in [0.15, 0.2) is 17.5 Å². The van der Waals surface area contributed by atoms with Crippen LogP contribution >= 0.6 is 0 Å². The Labute approximate surface area is 162 Å². The third kappa shape index (κ3) is 6.49. The first-order chi connectivity index (χ1) is 13.0. The molecule has 0 radical (unpaired) electrons. The van der Waals surface area contributed by atoms with Crippen LogP contribution in [-0.4, -0.2) is 46.2 Å². The summed E-state index contributed by atoms with van der Waals surface area (Å²) in [5.41, 5.74) is 3.61. The van der Waals surface area contributed by atoms with Crippen LogP contribution in [0.1, 0.15) is 16.7 Å². The Hall–Kier alpha value is -2.73. The van der Waals surface area contributed by atoms with Gasteiger partial charge in [-0.3, -0.25) is 4.99 Å². The molecule has 0 aliphatic carbocycles. The summed E-state index contributed by atoms with van der Waals surface area (Å²) in [7, 11) is 9.19. The molecule has 0 bridgehead atoms. The first-order valence-electron chi connectivity index (χ1n) is 8.93. The van der Waals surface area contributed by atoms with Crippen LogP contribution in [0.2, 0.25) is 0 Å². The molecule has 0 saturated carbocycles. The number of ether oxygens (including phenoxy) is 2. The molecule has 146 valence electrons. The summed E-state index contributed by atoms with van der Waals surface area (Å²) in [6.45, 7) is 2.30. The molecule has 0 aliphatic rings. The normalized spacial score (nSPS) is 11.4. The molecule has 0 aliphatic heterocycles. The largest absolute Gasteiger partial charge is 0.493 e. The van der Waals surface area contributed by atoms with E-state index in [4.69, 9.17) is 9.47 Å². The average Bonchev–Trinajstić information content (AvgIpc) is 2.68. The smallest absolute Gasteiger partial charge is 0.191 e. The maximum Gasteiger partial charge on any atom is 0.191 e. The number of hydrogen-bond donors (Lipinski definition) is 2. The van der Waals surface area contributed by atoms with Gasteiger partial charge in [-0.25, -0.2) is 0 Å². The zero-order chi connectivity index (χ0) is 19.6. The molecule has 2 N–H and O–H groups in total. The van der Waals surface area contributed by atoms with Gasteiger partial charge in [-0.2, -0.15) is 0 Å². The predicted molar refractivity (Wildman–Crippen MR) is 110 cm³/mol. The lowest BCUT2D eigenvalue weighted by molar-refractivity contribution is 0.354. The van der Waals surface area contributed by atoms with Crippen molar-refractivity contribution in [3.63, 3.8) is 0 Å². The van der Waals surface area contributed by atoms with Crippen molar-refractivity contribution in [3.05, 3.63) is 59.2 Å². The lowest BCUT2D eigenvalue weighted by atomic mass is 10.1. The Bertz CT molecular complexity index is 742. The second-order valence-corrected chi connectivity index (χ2v) is 6.52. The first kappa shape index (κ1) is 20.6. The van der Waals surface area contributed by atoms with E-state index in [9.17, 15) is 0 Å². The number of nitrogens with zero attached hydrogens (tertiary/aromatic N) is 2. The van der Waals surface area contributed by atoms with Crippen molar-refractivity contribution in [2.75, 3.05) is 35.4 Å². The van der Waals surface area contributed by atoms with E-state index >= 15 is 0 Å². The summed E-state index contributed by atoms with van der Waals surface area (Å²) < 4.78 is 10.6. The van der Waals surface area contributed by atoms with Crippen LogP contribution in [-0.2, 0) is 19.6 Å². The molecule has 27 heavy (non-hydrogen) atoms. The van der Waals surface area contributed by atoms with Crippen LogP contribution in [0.3, 0.4) is 0 Å². The lowest BCUT2D eigenvalue weighted by Gasteiger charge is -2.14. The number of guanidine groups is 1. The van der Waals surface area contributed by atoms with Gasteiger partial charge in [0.1, 0.15) is 0 Å². The molecular weight excluding hydrogens is 340 g/mol. The van der Waals surface area contributed by atoms with Gasteiger partial charge < -0.3 is 25.0 Å². The molecule has 2 aromatic carbocycles. The van der Waals surface area contributed by atoms with Crippen LogP contribution in [0.4, 0.5) is 0 Å². The van der Waals surface area contributed by atoms with Crippen LogP contribution in [0.15, 0.2) is 47.5 Å². The van der Waals surface area contributed by atoms with E-state index in [1.54, 1.807) is 21.3 Å². The van der Waals surface area contributed by atoms with Crippen molar-refractivity contribution in [1.82, 2.24) is 15.5 Å². The maximum absolute atomic E-state index is 5.35. The third-order valence-corrected chi connectivity index (χ3v) is 4.11. The van der Waals surface area contributed by atoms with Crippen molar-refractivity contribution in [3.8, 4) is 11.5 Å². The van der Waals surface area contributed by atoms with Crippen molar-refractivity contribution < 1.29 is 9.47 Å². The number of aliphatic imine (C=N–C) groups is 1. The van der Waals surface area contributed by atoms with Crippen molar-refractivity contribution >= 4 is 5.96 Å². The van der Waals surface area contributed by atoms with E-state index in [0.29, 0.717) is 13.1 Å². The van der Waals surface area contributed by atoms with Gasteiger partial charge in [0, 0.05) is 26.7 Å². The number of nitrogens with one attached hydrogen (secondary N) is 2. The summed E-state index contributed by atoms with van der Waals surface area (Å²) in [4.78, 5) is 6.44. The topological polar surface area (TPSA) is 58.1 Å². The van der Waals surface area contributed by atoms with Gasteiger partial charge in [-0.15, -0.1) is 0 Å². The van der Waals surface area contributed by atoms with Gasteiger partial charge in [-0.1, -0.05) is 30.3 Å². The molecule has 0 fully saturated rings. The van der Waals surface area contributed by atoms with E-state index < -0.39 is 0 Å². The molecule has 2 rings (SSSR count). The standard InChI is InChI=1S/C21H30N4O2/c1-22-21(23-13-16-6-8-17(9-7-16)15-25(2)3)24-14-18-10-11-19(26-4)20(12-18)27-5/h6-12H,13-15H2,1-5H3,(H2,22,23,24). The fraction of sp³-hybridized carbons (Fsp3) is 0.381. The highest BCUT2D eigenvalue weighted by atomic mass is 16.5. The van der Waals surface area contributed by atoms with Crippen LogP contribution < -0.4 is 20.1 Å². The Morgan fingerprint density at radius 1 is 0.852 bits per heavy atom. The van der Waals surface area contributed by atoms with Gasteiger partial charge in [-0.05, 0) is 42.9 Å². The first-order valence-corrected chi connectivity index (χ1v) is 8.93. The highest BCUT2D eigenvalue weighted by molar-refractivity contribution is 5.79. The molecule has 2 aromatic rings. The van der Waals surface area contributed by atoms with E-state index in [1.807, 2.05) is 18.2 Å². The molecule has 0 atom stereocenters. The molecule has 0 saturated heterocycles. The summed E-state index contributed by atoms with van der Waals surface area (Å²) in [6, 6.07) is 14.5. The number of benzene rings is 2. The Morgan fingerprint density at radius 3 is 1.96 bits per heavy atom. The third-order valence-electron chi connectivity index (χ3n) is 4.11. The van der Waals surface area contributed by atoms with Crippen molar-refractivity contribution in [2.45, 2.75) is 19.6 Å². The van der Waals surface area contributed by atoms with Crippen LogP contribution in [0.25, 0.3) is 0 Å². The summed E-state index contributed by atoms with van der Waals surface area (Å²) >= 11 is 0. The SMILES string of the molecule is CN=C(NCc1ccc(CN(C)C)cc1)NCc1ccc(OC)c(OC)c1. The summed E-state index contributed by atoms with van der Waals surface area (Å²) in [5, 5.41) is 6.66. The molecule has 0 heterocycles. The number of hydrogen-bond acceptors (Lipinski definition) is 4. The zero-order valence-electron chi connectivity index (χ0n) is 16.9. The van der Waals surface area contributed by atoms with E-state index in [-0.39, 0.29) is 0 Å². The van der Waals surface area contributed by atoms with Gasteiger partial charge in [0.05, 0.1) is 14.2 Å². The Balaban J connectivity index is 1.87. The van der Waals surface area contributed by atoms with Crippen LogP contribution in [0, 0.1) is 0 Å². The van der Waals surface area contributed by atoms with Gasteiger partial charge in [0.25, 0.3) is 0 Å². The minimum absolute atomic E-state index is 0.641. The summed E-state index contributed by atoms with van der Waals surface area (Å²) in [5.74, 6) is 2.20. The average molecular weight is 370 g/mol. The fourth-order valence-electron chi connectivity index (χ4n) is 2.71. The van der Waals surface area contributed by atoms with Crippen molar-refractivity contribution in [1.29, 1.82) is 0 Å². The highest BCUT2D eigenvalue weighted by Gasteiger charge is 2.05.